The highest BCUT2D eigenvalue weighted by atomic mass is 79.9. The quantitative estimate of drug-likeness (QED) is 0.149. The third kappa shape index (κ3) is 5.35. The van der Waals surface area contributed by atoms with Gasteiger partial charge in [-0.05, 0) is 64.3 Å². The molecule has 0 unspecified atom stereocenters. The summed E-state index contributed by atoms with van der Waals surface area (Å²) in [6.45, 7) is 2.40. The molecule has 0 saturated carbocycles. The van der Waals surface area contributed by atoms with Crippen LogP contribution in [-0.2, 0) is 6.61 Å². The van der Waals surface area contributed by atoms with Crippen LogP contribution in [0.5, 0.6) is 5.75 Å². The number of nitriles is 1. The van der Waals surface area contributed by atoms with Crippen LogP contribution < -0.4 is 4.74 Å². The second kappa shape index (κ2) is 9.70. The zero-order chi connectivity index (χ0) is 21.7. The molecule has 0 bridgehead atoms. The lowest BCUT2D eigenvalue weighted by Crippen LogP contribution is -1.98. The minimum Gasteiger partial charge on any atom is -0.487 e. The summed E-state index contributed by atoms with van der Waals surface area (Å²) in [7, 11) is 0. The molecule has 5 nitrogen and oxygen atoms in total. The molecule has 0 radical (unpaired) electrons. The van der Waals surface area contributed by atoms with Crippen LogP contribution in [0.2, 0.25) is 0 Å². The average Bonchev–Trinajstić information content (AvgIpc) is 2.72. The second-order valence-electron chi connectivity index (χ2n) is 6.55. The number of aryl methyl sites for hydroxylation is 1. The number of nitro benzene ring substituents is 1. The highest BCUT2D eigenvalue weighted by molar-refractivity contribution is 9.11. The average molecular weight is 528 g/mol. The molecule has 0 aliphatic heterocycles. The van der Waals surface area contributed by atoms with Gasteiger partial charge in [0, 0.05) is 22.2 Å². The number of non-ortho nitro benzene ring substituents is 1. The predicted octanol–water partition coefficient (Wildman–Crippen LogP) is 7.07. The number of allylic oxidation sites excluding steroid dienone is 1. The predicted molar refractivity (Wildman–Crippen MR) is 124 cm³/mol. The van der Waals surface area contributed by atoms with Crippen LogP contribution in [0.1, 0.15) is 22.3 Å². The van der Waals surface area contributed by atoms with E-state index >= 15 is 0 Å². The fraction of sp³-hybridized carbons (Fsp3) is 0.0870. The normalized spacial score (nSPS) is 11.1. The molecular formula is C23H16Br2N2O3. The molecule has 0 amide bonds. The number of nitro groups is 1. The van der Waals surface area contributed by atoms with Gasteiger partial charge in [0.05, 0.1) is 21.0 Å². The number of hydrogen-bond acceptors (Lipinski definition) is 4. The van der Waals surface area contributed by atoms with Gasteiger partial charge in [-0.1, -0.05) is 45.8 Å². The Bertz CT molecular complexity index is 1150. The lowest BCUT2D eigenvalue weighted by Gasteiger charge is -2.13. The molecule has 3 aromatic carbocycles. The summed E-state index contributed by atoms with van der Waals surface area (Å²) in [6.07, 6.45) is 1.71. The van der Waals surface area contributed by atoms with Crippen molar-refractivity contribution in [1.29, 1.82) is 5.26 Å². The monoisotopic (exact) mass is 526 g/mol. The Kier molecular flexibility index (Phi) is 7.03. The maximum Gasteiger partial charge on any atom is 0.269 e. The van der Waals surface area contributed by atoms with Crippen molar-refractivity contribution in [2.24, 2.45) is 0 Å². The summed E-state index contributed by atoms with van der Waals surface area (Å²) in [5.41, 5.74) is 3.84. The third-order valence-corrected chi connectivity index (χ3v) is 5.40. The molecule has 0 heterocycles. The number of ether oxygens (including phenoxy) is 1. The Hall–Kier alpha value is -2.95. The van der Waals surface area contributed by atoms with E-state index in [1.54, 1.807) is 18.2 Å². The van der Waals surface area contributed by atoms with Crippen molar-refractivity contribution in [2.45, 2.75) is 13.5 Å². The van der Waals surface area contributed by atoms with Crippen molar-refractivity contribution in [2.75, 3.05) is 0 Å². The zero-order valence-corrected chi connectivity index (χ0v) is 19.1. The van der Waals surface area contributed by atoms with Crippen LogP contribution in [0.25, 0.3) is 11.6 Å². The van der Waals surface area contributed by atoms with Crippen molar-refractivity contribution >= 4 is 49.2 Å². The maximum absolute atomic E-state index is 10.9. The van der Waals surface area contributed by atoms with E-state index in [0.717, 1.165) is 14.5 Å². The van der Waals surface area contributed by atoms with E-state index in [9.17, 15) is 15.4 Å². The van der Waals surface area contributed by atoms with E-state index in [2.05, 4.69) is 37.9 Å². The van der Waals surface area contributed by atoms with E-state index in [0.29, 0.717) is 29.1 Å². The molecule has 7 heteroatoms. The van der Waals surface area contributed by atoms with Crippen molar-refractivity contribution in [1.82, 2.24) is 0 Å². The number of rotatable bonds is 6. The van der Waals surface area contributed by atoms with Crippen molar-refractivity contribution in [3.8, 4) is 11.8 Å². The van der Waals surface area contributed by atoms with Gasteiger partial charge in [-0.15, -0.1) is 0 Å². The first kappa shape index (κ1) is 21.8. The summed E-state index contributed by atoms with van der Waals surface area (Å²) in [5, 5.41) is 20.5. The summed E-state index contributed by atoms with van der Waals surface area (Å²) >= 11 is 7.01. The van der Waals surface area contributed by atoms with Crippen LogP contribution in [0, 0.1) is 28.4 Å². The standard InChI is InChI=1S/C23H16Br2N2O3/c1-15-2-4-16(5-3-15)14-30-23-18(11-20(24)12-22(23)25)10-19(13-26)17-6-8-21(9-7-17)27(28)29/h2-12H,14H2,1H3/b19-10+. The summed E-state index contributed by atoms with van der Waals surface area (Å²) < 4.78 is 7.64. The van der Waals surface area contributed by atoms with Gasteiger partial charge in [-0.2, -0.15) is 5.26 Å². The van der Waals surface area contributed by atoms with E-state index < -0.39 is 4.92 Å². The maximum atomic E-state index is 10.9. The highest BCUT2D eigenvalue weighted by Gasteiger charge is 2.12. The highest BCUT2D eigenvalue weighted by Crippen LogP contribution is 2.36. The van der Waals surface area contributed by atoms with Crippen LogP contribution in [0.4, 0.5) is 5.69 Å². The van der Waals surface area contributed by atoms with Gasteiger partial charge < -0.3 is 4.74 Å². The minimum absolute atomic E-state index is 0.0247. The summed E-state index contributed by atoms with van der Waals surface area (Å²) in [6, 6.07) is 19.9. The smallest absolute Gasteiger partial charge is 0.269 e. The molecule has 3 rings (SSSR count). The Morgan fingerprint density at radius 2 is 1.80 bits per heavy atom. The lowest BCUT2D eigenvalue weighted by atomic mass is 10.0. The SMILES string of the molecule is Cc1ccc(COc2c(Br)cc(Br)cc2/C=C(\C#N)c2ccc([N+](=O)[O-])cc2)cc1. The van der Waals surface area contributed by atoms with Gasteiger partial charge in [0.1, 0.15) is 12.4 Å². The van der Waals surface area contributed by atoms with Crippen LogP contribution in [0.3, 0.4) is 0 Å². The van der Waals surface area contributed by atoms with Crippen molar-refractivity contribution in [3.05, 3.63) is 102 Å². The van der Waals surface area contributed by atoms with Gasteiger partial charge in [0.2, 0.25) is 0 Å². The first-order valence-electron chi connectivity index (χ1n) is 8.91. The van der Waals surface area contributed by atoms with E-state index in [1.165, 1.54) is 17.7 Å². The molecule has 0 fully saturated rings. The summed E-state index contributed by atoms with van der Waals surface area (Å²) in [4.78, 5) is 10.4. The molecule has 0 aromatic heterocycles. The van der Waals surface area contributed by atoms with Gasteiger partial charge >= 0.3 is 0 Å². The van der Waals surface area contributed by atoms with Gasteiger partial charge in [-0.3, -0.25) is 10.1 Å². The molecule has 0 spiro atoms. The summed E-state index contributed by atoms with van der Waals surface area (Å²) in [5.74, 6) is 0.605. The molecule has 0 aliphatic rings. The fourth-order valence-electron chi connectivity index (χ4n) is 2.78. The topological polar surface area (TPSA) is 76.2 Å². The molecule has 0 N–H and O–H groups in total. The molecule has 0 saturated heterocycles. The Labute approximate surface area is 191 Å². The van der Waals surface area contributed by atoms with Crippen molar-refractivity contribution < 1.29 is 9.66 Å². The van der Waals surface area contributed by atoms with Crippen LogP contribution in [-0.4, -0.2) is 4.92 Å². The number of halogens is 2. The first-order valence-corrected chi connectivity index (χ1v) is 10.5. The first-order chi connectivity index (χ1) is 14.4. The van der Waals surface area contributed by atoms with Crippen LogP contribution in [0.15, 0.2) is 69.6 Å². The largest absolute Gasteiger partial charge is 0.487 e. The fourth-order valence-corrected chi connectivity index (χ4v) is 4.15. The number of hydrogen-bond donors (Lipinski definition) is 0. The van der Waals surface area contributed by atoms with Crippen LogP contribution >= 0.6 is 31.9 Å². The van der Waals surface area contributed by atoms with E-state index in [4.69, 9.17) is 4.74 Å². The van der Waals surface area contributed by atoms with Gasteiger partial charge in [0.25, 0.3) is 5.69 Å². The lowest BCUT2D eigenvalue weighted by molar-refractivity contribution is -0.384. The van der Waals surface area contributed by atoms with E-state index in [-0.39, 0.29) is 5.69 Å². The number of nitrogens with zero attached hydrogens (tertiary/aromatic N) is 2. The van der Waals surface area contributed by atoms with Gasteiger partial charge in [0.15, 0.2) is 0 Å². The Morgan fingerprint density at radius 1 is 1.13 bits per heavy atom. The van der Waals surface area contributed by atoms with Crippen molar-refractivity contribution in [3.63, 3.8) is 0 Å². The molecular weight excluding hydrogens is 512 g/mol. The molecule has 0 aliphatic carbocycles. The zero-order valence-electron chi connectivity index (χ0n) is 15.9. The molecule has 0 atom stereocenters. The molecule has 150 valence electrons. The third-order valence-electron chi connectivity index (χ3n) is 4.35. The number of benzene rings is 3. The minimum atomic E-state index is -0.470. The molecule has 3 aromatic rings. The Morgan fingerprint density at radius 3 is 2.40 bits per heavy atom. The van der Waals surface area contributed by atoms with E-state index in [1.807, 2.05) is 43.3 Å². The Balaban J connectivity index is 1.95. The second-order valence-corrected chi connectivity index (χ2v) is 8.32. The molecule has 30 heavy (non-hydrogen) atoms. The van der Waals surface area contributed by atoms with Gasteiger partial charge in [-0.25, -0.2) is 0 Å².